The van der Waals surface area contributed by atoms with Gasteiger partial charge in [-0.05, 0) is 25.1 Å². The molecule has 1 N–H and O–H groups in total. The van der Waals surface area contributed by atoms with Crippen LogP contribution in [-0.4, -0.2) is 4.98 Å². The lowest BCUT2D eigenvalue weighted by Crippen LogP contribution is -1.82. The first-order valence-electron chi connectivity index (χ1n) is 3.99. The van der Waals surface area contributed by atoms with Gasteiger partial charge in [-0.3, -0.25) is 0 Å². The van der Waals surface area contributed by atoms with E-state index in [1.54, 1.807) is 0 Å². The number of thiol groups is 1. The average Bonchev–Trinajstić information content (AvgIpc) is 2.06. The van der Waals surface area contributed by atoms with Crippen LogP contribution in [-0.2, 0) is 0 Å². The van der Waals surface area contributed by atoms with Gasteiger partial charge in [0.1, 0.15) is 4.64 Å². The van der Waals surface area contributed by atoms with Gasteiger partial charge >= 0.3 is 0 Å². The lowest BCUT2D eigenvalue weighted by atomic mass is 10.1. The summed E-state index contributed by atoms with van der Waals surface area (Å²) in [7, 11) is 0. The Morgan fingerprint density at radius 1 is 1.31 bits per heavy atom. The van der Waals surface area contributed by atoms with Crippen molar-refractivity contribution in [1.82, 2.24) is 4.98 Å². The van der Waals surface area contributed by atoms with Crippen LogP contribution >= 0.6 is 24.8 Å². The number of H-pyrrole nitrogens is 1. The van der Waals surface area contributed by atoms with Crippen molar-refractivity contribution in [3.63, 3.8) is 0 Å². The van der Waals surface area contributed by atoms with Crippen LogP contribution in [0.1, 0.15) is 5.56 Å². The molecule has 0 bridgehead atoms. The fourth-order valence-corrected chi connectivity index (χ4v) is 1.98. The standard InChI is InChI=1S/C10H9NS2/c1-6-2-3-8-7(4-6)9(12)5-10(13)11-8/h2-5H,1H3,(H2,11,12,13). The quantitative estimate of drug-likeness (QED) is 0.499. The minimum Gasteiger partial charge on any atom is -0.346 e. The first-order chi connectivity index (χ1) is 6.16. The summed E-state index contributed by atoms with van der Waals surface area (Å²) in [5.41, 5.74) is 2.27. The molecule has 1 heterocycles. The van der Waals surface area contributed by atoms with Crippen molar-refractivity contribution >= 4 is 35.7 Å². The Hall–Kier alpha value is -0.800. The highest BCUT2D eigenvalue weighted by Gasteiger charge is 1.97. The van der Waals surface area contributed by atoms with Gasteiger partial charge in [0.05, 0.1) is 0 Å². The van der Waals surface area contributed by atoms with Crippen molar-refractivity contribution in [1.29, 1.82) is 0 Å². The molecule has 0 fully saturated rings. The molecule has 0 unspecified atom stereocenters. The van der Waals surface area contributed by atoms with E-state index in [1.807, 2.05) is 12.1 Å². The number of hydrogen-bond donors (Lipinski definition) is 2. The van der Waals surface area contributed by atoms with Crippen molar-refractivity contribution in [2.24, 2.45) is 0 Å². The van der Waals surface area contributed by atoms with Crippen LogP contribution in [0.3, 0.4) is 0 Å². The minimum atomic E-state index is 0.723. The normalized spacial score (nSPS) is 10.6. The molecule has 1 aromatic heterocycles. The summed E-state index contributed by atoms with van der Waals surface area (Å²) < 4.78 is 0.723. The third-order valence-corrected chi connectivity index (χ3v) is 2.57. The molecule has 0 atom stereocenters. The van der Waals surface area contributed by atoms with Gasteiger partial charge in [0.25, 0.3) is 0 Å². The van der Waals surface area contributed by atoms with Crippen molar-refractivity contribution in [3.05, 3.63) is 34.5 Å². The Labute approximate surface area is 87.2 Å². The van der Waals surface area contributed by atoms with Gasteiger partial charge in [0, 0.05) is 15.8 Å². The van der Waals surface area contributed by atoms with Gasteiger partial charge < -0.3 is 4.98 Å². The third kappa shape index (κ3) is 1.62. The van der Waals surface area contributed by atoms with Gasteiger partial charge in [0.2, 0.25) is 0 Å². The summed E-state index contributed by atoms with van der Waals surface area (Å²) in [5, 5.41) is 1.12. The Morgan fingerprint density at radius 2 is 2.08 bits per heavy atom. The Balaban J connectivity index is 2.95. The lowest BCUT2D eigenvalue weighted by Gasteiger charge is -2.02. The Kier molecular flexibility index (Phi) is 2.14. The van der Waals surface area contributed by atoms with E-state index in [-0.39, 0.29) is 0 Å². The molecule has 13 heavy (non-hydrogen) atoms. The maximum absolute atomic E-state index is 5.06. The molecule has 3 heteroatoms. The molecule has 0 spiro atoms. The lowest BCUT2D eigenvalue weighted by molar-refractivity contribution is 1.32. The zero-order chi connectivity index (χ0) is 9.42. The molecule has 2 aromatic rings. The average molecular weight is 207 g/mol. The van der Waals surface area contributed by atoms with E-state index in [2.05, 4.69) is 36.7 Å². The van der Waals surface area contributed by atoms with Crippen molar-refractivity contribution in [3.8, 4) is 0 Å². The van der Waals surface area contributed by atoms with Crippen LogP contribution in [0, 0.1) is 11.6 Å². The topological polar surface area (TPSA) is 15.8 Å². The number of fused-ring (bicyclic) bond motifs is 1. The maximum atomic E-state index is 5.06. The van der Waals surface area contributed by atoms with E-state index < -0.39 is 0 Å². The molecule has 2 rings (SSSR count). The molecule has 0 aliphatic heterocycles. The minimum absolute atomic E-state index is 0.723. The summed E-state index contributed by atoms with van der Waals surface area (Å²) in [5.74, 6) is 0. The predicted molar refractivity (Wildman–Crippen MR) is 61.1 cm³/mol. The van der Waals surface area contributed by atoms with E-state index in [1.165, 1.54) is 5.56 Å². The Morgan fingerprint density at radius 3 is 2.85 bits per heavy atom. The highest BCUT2D eigenvalue weighted by Crippen LogP contribution is 2.21. The third-order valence-electron chi connectivity index (χ3n) is 1.98. The second-order valence-electron chi connectivity index (χ2n) is 3.07. The van der Waals surface area contributed by atoms with Crippen LogP contribution < -0.4 is 0 Å². The number of nitrogens with one attached hydrogen (secondary N) is 1. The highest BCUT2D eigenvalue weighted by molar-refractivity contribution is 7.80. The molecule has 0 amide bonds. The van der Waals surface area contributed by atoms with Crippen LogP contribution in [0.25, 0.3) is 10.9 Å². The zero-order valence-corrected chi connectivity index (χ0v) is 8.88. The summed E-state index contributed by atoms with van der Waals surface area (Å²) in [4.78, 5) is 4.06. The van der Waals surface area contributed by atoms with Gasteiger partial charge in [-0.25, -0.2) is 0 Å². The van der Waals surface area contributed by atoms with Gasteiger partial charge in [-0.15, -0.1) is 12.6 Å². The number of benzene rings is 1. The molecule has 0 radical (unpaired) electrons. The second kappa shape index (κ2) is 3.16. The van der Waals surface area contributed by atoms with E-state index in [4.69, 9.17) is 12.2 Å². The highest BCUT2D eigenvalue weighted by atomic mass is 32.1. The summed E-state index contributed by atoms with van der Waals surface area (Å²) in [6.45, 7) is 2.06. The summed E-state index contributed by atoms with van der Waals surface area (Å²) in [6, 6.07) is 8.05. The van der Waals surface area contributed by atoms with Gasteiger partial charge in [-0.2, -0.15) is 0 Å². The number of aromatic nitrogens is 1. The number of rotatable bonds is 0. The van der Waals surface area contributed by atoms with Crippen LogP contribution in [0.15, 0.2) is 29.2 Å². The van der Waals surface area contributed by atoms with Crippen molar-refractivity contribution in [2.75, 3.05) is 0 Å². The van der Waals surface area contributed by atoms with Crippen molar-refractivity contribution < 1.29 is 0 Å². The first kappa shape index (κ1) is 8.78. The molecule has 0 saturated carbocycles. The summed E-state index contributed by atoms with van der Waals surface area (Å²) >= 11 is 9.44. The van der Waals surface area contributed by atoms with Crippen LogP contribution in [0.2, 0.25) is 0 Å². The zero-order valence-electron chi connectivity index (χ0n) is 7.16. The summed E-state index contributed by atoms with van der Waals surface area (Å²) in [6.07, 6.45) is 0. The largest absolute Gasteiger partial charge is 0.346 e. The molecule has 66 valence electrons. The number of aryl methyl sites for hydroxylation is 1. The van der Waals surface area contributed by atoms with E-state index in [0.717, 1.165) is 20.4 Å². The maximum Gasteiger partial charge on any atom is 0.104 e. The van der Waals surface area contributed by atoms with Crippen LogP contribution in [0.4, 0.5) is 0 Å². The SMILES string of the molecule is Cc1ccc2[nH]c(=S)cc(S)c2c1. The first-order valence-corrected chi connectivity index (χ1v) is 4.85. The monoisotopic (exact) mass is 207 g/mol. The number of aromatic amines is 1. The smallest absolute Gasteiger partial charge is 0.104 e. The second-order valence-corrected chi connectivity index (χ2v) is 3.99. The molecular weight excluding hydrogens is 198 g/mol. The molecule has 0 aliphatic rings. The van der Waals surface area contributed by atoms with E-state index in [9.17, 15) is 0 Å². The Bertz CT molecular complexity index is 514. The molecule has 1 nitrogen and oxygen atoms in total. The molecule has 1 aromatic carbocycles. The fraction of sp³-hybridized carbons (Fsp3) is 0.100. The van der Waals surface area contributed by atoms with Crippen molar-refractivity contribution in [2.45, 2.75) is 11.8 Å². The van der Waals surface area contributed by atoms with E-state index >= 15 is 0 Å². The molecule has 0 aliphatic carbocycles. The predicted octanol–water partition coefficient (Wildman–Crippen LogP) is 3.49. The molecule has 0 saturated heterocycles. The fourth-order valence-electron chi connectivity index (χ4n) is 1.35. The number of hydrogen-bond acceptors (Lipinski definition) is 2. The number of pyridine rings is 1. The van der Waals surface area contributed by atoms with E-state index in [0.29, 0.717) is 0 Å². The molecular formula is C10H9NS2. The van der Waals surface area contributed by atoms with Crippen LogP contribution in [0.5, 0.6) is 0 Å². The van der Waals surface area contributed by atoms with Gasteiger partial charge in [0.15, 0.2) is 0 Å². The van der Waals surface area contributed by atoms with Gasteiger partial charge in [-0.1, -0.05) is 23.8 Å².